The first-order chi connectivity index (χ1) is 19.6. The number of carbonyl (C=O) groups is 1. The van der Waals surface area contributed by atoms with Crippen molar-refractivity contribution in [1.29, 1.82) is 0 Å². The average Bonchev–Trinajstić information content (AvgIpc) is 3.74. The summed E-state index contributed by atoms with van der Waals surface area (Å²) in [6.07, 6.45) is 6.98. The number of nitrogens with one attached hydrogen (secondary N) is 2. The van der Waals surface area contributed by atoms with E-state index in [1.165, 1.54) is 11.3 Å². The Morgan fingerprint density at radius 3 is 2.67 bits per heavy atom. The van der Waals surface area contributed by atoms with Gasteiger partial charge in [0.15, 0.2) is 22.9 Å². The number of aromatic amines is 2. The van der Waals surface area contributed by atoms with Gasteiger partial charge in [-0.15, -0.1) is 11.3 Å². The fraction of sp³-hybridized carbons (Fsp3) is 0.0667. The van der Waals surface area contributed by atoms with Gasteiger partial charge in [-0.2, -0.15) is 5.10 Å². The SMILES string of the molecule is CC(=O)c1ccc(-c2ccnc3nc(-c4[nH]nc5ncc(-c6cncc(OCc7ccccc7)c6)cc45)[nH]c23)s1. The van der Waals surface area contributed by atoms with Crippen molar-refractivity contribution in [3.05, 3.63) is 95.9 Å². The number of benzene rings is 1. The van der Waals surface area contributed by atoms with Gasteiger partial charge in [-0.1, -0.05) is 30.3 Å². The summed E-state index contributed by atoms with van der Waals surface area (Å²) in [6.45, 7) is 2.03. The summed E-state index contributed by atoms with van der Waals surface area (Å²) in [6, 6.07) is 19.7. The van der Waals surface area contributed by atoms with Crippen LogP contribution >= 0.6 is 11.3 Å². The van der Waals surface area contributed by atoms with Crippen molar-refractivity contribution in [3.8, 4) is 38.8 Å². The Balaban J connectivity index is 1.23. The Hall–Kier alpha value is -5.22. The number of ether oxygens (including phenoxy) is 1. The molecule has 7 rings (SSSR count). The Morgan fingerprint density at radius 1 is 0.950 bits per heavy atom. The molecule has 2 N–H and O–H groups in total. The number of H-pyrrole nitrogens is 2. The summed E-state index contributed by atoms with van der Waals surface area (Å²) in [5.74, 6) is 1.31. The number of carbonyl (C=O) groups excluding carboxylic acids is 1. The molecule has 0 amide bonds. The van der Waals surface area contributed by atoms with Crippen molar-refractivity contribution >= 4 is 39.3 Å². The highest BCUT2D eigenvalue weighted by molar-refractivity contribution is 7.17. The van der Waals surface area contributed by atoms with Crippen LogP contribution in [-0.2, 0) is 6.61 Å². The standard InChI is InChI=1S/C30H21N7O2S/c1-17(38)24-7-8-25(40-24)22-9-10-32-29-26(22)34-30(35-29)27-23-12-20(14-33-28(23)37-36-27)19-11-21(15-31-13-19)39-16-18-5-3-2-4-6-18/h2-15H,16H2,1H3,(H,32,34,35)(H,33,36,37). The summed E-state index contributed by atoms with van der Waals surface area (Å²) >= 11 is 1.45. The number of thiophene rings is 1. The minimum absolute atomic E-state index is 0.0441. The number of fused-ring (bicyclic) bond motifs is 2. The molecular formula is C30H21N7O2S. The summed E-state index contributed by atoms with van der Waals surface area (Å²) in [5.41, 5.74) is 6.40. The third-order valence-corrected chi connectivity index (χ3v) is 7.77. The normalized spacial score (nSPS) is 11.3. The molecule has 0 atom stereocenters. The van der Waals surface area contributed by atoms with Gasteiger partial charge in [0.1, 0.15) is 18.1 Å². The molecule has 0 aliphatic heterocycles. The van der Waals surface area contributed by atoms with E-state index < -0.39 is 0 Å². The maximum atomic E-state index is 11.8. The lowest BCUT2D eigenvalue weighted by Gasteiger charge is -2.08. The minimum atomic E-state index is 0.0441. The van der Waals surface area contributed by atoms with Crippen molar-refractivity contribution in [2.45, 2.75) is 13.5 Å². The number of aromatic nitrogens is 7. The van der Waals surface area contributed by atoms with Gasteiger partial charge < -0.3 is 9.72 Å². The van der Waals surface area contributed by atoms with E-state index in [0.717, 1.165) is 38.0 Å². The van der Waals surface area contributed by atoms with Crippen LogP contribution < -0.4 is 4.74 Å². The number of pyridine rings is 3. The van der Waals surface area contributed by atoms with Crippen LogP contribution in [0.5, 0.6) is 5.75 Å². The van der Waals surface area contributed by atoms with Crippen molar-refractivity contribution in [2.75, 3.05) is 0 Å². The molecule has 6 aromatic heterocycles. The van der Waals surface area contributed by atoms with E-state index in [1.54, 1.807) is 31.7 Å². The van der Waals surface area contributed by atoms with Crippen LogP contribution in [0.15, 0.2) is 85.5 Å². The first kappa shape index (κ1) is 23.9. The predicted octanol–water partition coefficient (Wildman–Crippen LogP) is 6.47. The molecule has 0 fully saturated rings. The molecule has 0 saturated heterocycles. The van der Waals surface area contributed by atoms with Gasteiger partial charge in [0.25, 0.3) is 0 Å². The van der Waals surface area contributed by atoms with Crippen LogP contribution in [0.4, 0.5) is 0 Å². The maximum Gasteiger partial charge on any atom is 0.181 e. The molecule has 10 heteroatoms. The summed E-state index contributed by atoms with van der Waals surface area (Å²) in [5, 5.41) is 8.28. The zero-order chi connectivity index (χ0) is 27.1. The highest BCUT2D eigenvalue weighted by atomic mass is 32.1. The minimum Gasteiger partial charge on any atom is -0.487 e. The van der Waals surface area contributed by atoms with E-state index in [4.69, 9.17) is 9.72 Å². The lowest BCUT2D eigenvalue weighted by atomic mass is 10.1. The Labute approximate surface area is 232 Å². The highest BCUT2D eigenvalue weighted by Gasteiger charge is 2.18. The van der Waals surface area contributed by atoms with Crippen LogP contribution in [0.2, 0.25) is 0 Å². The topological polar surface area (TPSA) is 122 Å². The smallest absolute Gasteiger partial charge is 0.181 e. The van der Waals surface area contributed by atoms with Crippen LogP contribution in [0.25, 0.3) is 55.3 Å². The number of hydrogen-bond acceptors (Lipinski definition) is 8. The van der Waals surface area contributed by atoms with E-state index in [0.29, 0.717) is 40.0 Å². The van der Waals surface area contributed by atoms with Gasteiger partial charge in [0, 0.05) is 40.2 Å². The van der Waals surface area contributed by atoms with Crippen LogP contribution in [0.3, 0.4) is 0 Å². The largest absolute Gasteiger partial charge is 0.487 e. The summed E-state index contributed by atoms with van der Waals surface area (Å²) < 4.78 is 5.97. The third kappa shape index (κ3) is 4.40. The van der Waals surface area contributed by atoms with Gasteiger partial charge in [0.05, 0.1) is 22.0 Å². The molecule has 0 aliphatic rings. The lowest BCUT2D eigenvalue weighted by molar-refractivity contribution is 0.102. The molecule has 0 saturated carbocycles. The van der Waals surface area contributed by atoms with E-state index in [2.05, 4.69) is 30.1 Å². The lowest BCUT2D eigenvalue weighted by Crippen LogP contribution is -1.96. The molecule has 0 spiro atoms. The number of imidazole rings is 1. The Kier molecular flexibility index (Phi) is 5.86. The third-order valence-electron chi connectivity index (χ3n) is 6.55. The van der Waals surface area contributed by atoms with Gasteiger partial charge in [0.2, 0.25) is 0 Å². The second-order valence-electron chi connectivity index (χ2n) is 9.24. The molecule has 40 heavy (non-hydrogen) atoms. The fourth-order valence-electron chi connectivity index (χ4n) is 4.54. The highest BCUT2D eigenvalue weighted by Crippen LogP contribution is 2.35. The van der Waals surface area contributed by atoms with Crippen LogP contribution in [0, 0.1) is 0 Å². The molecule has 6 heterocycles. The second kappa shape index (κ2) is 9.83. The Morgan fingerprint density at radius 2 is 1.82 bits per heavy atom. The molecule has 7 aromatic rings. The molecule has 0 aliphatic carbocycles. The van der Waals surface area contributed by atoms with Crippen LogP contribution in [0.1, 0.15) is 22.2 Å². The quantitative estimate of drug-likeness (QED) is 0.221. The number of nitrogens with zero attached hydrogens (tertiary/aromatic N) is 5. The van der Waals surface area contributed by atoms with Gasteiger partial charge in [-0.25, -0.2) is 15.0 Å². The van der Waals surface area contributed by atoms with Gasteiger partial charge >= 0.3 is 0 Å². The van der Waals surface area contributed by atoms with Crippen molar-refractivity contribution in [1.82, 2.24) is 35.1 Å². The van der Waals surface area contributed by atoms with Crippen molar-refractivity contribution in [2.24, 2.45) is 0 Å². The van der Waals surface area contributed by atoms with Crippen molar-refractivity contribution < 1.29 is 9.53 Å². The number of rotatable bonds is 7. The van der Waals surface area contributed by atoms with Gasteiger partial charge in [-0.05, 0) is 42.8 Å². The molecule has 1 aromatic carbocycles. The van der Waals surface area contributed by atoms with E-state index in [-0.39, 0.29) is 5.78 Å². The average molecular weight is 544 g/mol. The Bertz CT molecular complexity index is 2010. The van der Waals surface area contributed by atoms with E-state index in [9.17, 15) is 4.79 Å². The zero-order valence-corrected chi connectivity index (χ0v) is 22.1. The van der Waals surface area contributed by atoms with Gasteiger partial charge in [-0.3, -0.25) is 14.9 Å². The van der Waals surface area contributed by atoms with E-state index >= 15 is 0 Å². The molecule has 0 radical (unpaired) electrons. The molecular weight excluding hydrogens is 522 g/mol. The molecule has 9 nitrogen and oxygen atoms in total. The molecule has 0 unspecified atom stereocenters. The molecule has 194 valence electrons. The number of ketones is 1. The van der Waals surface area contributed by atoms with Crippen LogP contribution in [-0.4, -0.2) is 40.9 Å². The van der Waals surface area contributed by atoms with Crippen molar-refractivity contribution in [3.63, 3.8) is 0 Å². The fourth-order valence-corrected chi connectivity index (χ4v) is 5.47. The number of hydrogen-bond donors (Lipinski definition) is 2. The second-order valence-corrected chi connectivity index (χ2v) is 10.3. The first-order valence-electron chi connectivity index (χ1n) is 12.5. The molecule has 0 bridgehead atoms. The van der Waals surface area contributed by atoms with E-state index in [1.807, 2.05) is 60.7 Å². The first-order valence-corrected chi connectivity index (χ1v) is 13.4. The summed E-state index contributed by atoms with van der Waals surface area (Å²) in [7, 11) is 0. The monoisotopic (exact) mass is 543 g/mol. The maximum absolute atomic E-state index is 11.8. The zero-order valence-electron chi connectivity index (χ0n) is 21.3. The predicted molar refractivity (Wildman–Crippen MR) is 154 cm³/mol. The summed E-state index contributed by atoms with van der Waals surface area (Å²) in [4.78, 5) is 35.1. The number of Topliss-reactive ketones (excluding diaryl/α,β-unsaturated/α-hetero) is 1.